The van der Waals surface area contributed by atoms with Gasteiger partial charge in [0.25, 0.3) is 0 Å². The molecule has 0 spiro atoms. The monoisotopic (exact) mass is 525 g/mol. The Morgan fingerprint density at radius 3 is 1.85 bits per heavy atom. The number of rotatable bonds is 12. The van der Waals surface area contributed by atoms with Crippen molar-refractivity contribution in [2.75, 3.05) is 0 Å². The molecule has 2 aromatic rings. The normalized spacial score (nSPS) is 12.6. The molecule has 0 saturated carbocycles. The van der Waals surface area contributed by atoms with E-state index in [1.165, 1.54) is 47.1 Å². The number of allylic oxidation sites excluding steroid dienone is 6. The summed E-state index contributed by atoms with van der Waals surface area (Å²) in [6.45, 7) is 30.4. The van der Waals surface area contributed by atoms with Crippen LogP contribution in [0.15, 0.2) is 127 Å². The fraction of sp³-hybridized carbons (Fsp3) is 0.368. The fourth-order valence-electron chi connectivity index (χ4n) is 3.98. The Kier molecular flexibility index (Phi) is 18.9. The maximum absolute atomic E-state index is 6.06. The van der Waals surface area contributed by atoms with Crippen LogP contribution in [-0.2, 0) is 6.42 Å². The molecule has 0 aliphatic carbocycles. The van der Waals surface area contributed by atoms with Crippen LogP contribution < -0.4 is 5.73 Å². The molecule has 2 aromatic carbocycles. The fourth-order valence-corrected chi connectivity index (χ4v) is 3.98. The Morgan fingerprint density at radius 1 is 0.897 bits per heavy atom. The SMILES string of the molecule is C=C(/C=C(Cc1ccc(C)cc1)\C(=C/C)C(=C)N)CCC(C)CC(C)CC.C=CC(=C)C.Cc1ccccc1. The third kappa shape index (κ3) is 17.7. The van der Waals surface area contributed by atoms with E-state index in [0.717, 1.165) is 35.8 Å². The Hall–Kier alpha value is -3.32. The van der Waals surface area contributed by atoms with Gasteiger partial charge in [-0.25, -0.2) is 0 Å². The van der Waals surface area contributed by atoms with Gasteiger partial charge in [0.15, 0.2) is 0 Å². The highest BCUT2D eigenvalue weighted by atomic mass is 14.6. The average molecular weight is 526 g/mol. The van der Waals surface area contributed by atoms with Gasteiger partial charge in [-0.05, 0) is 81.9 Å². The van der Waals surface area contributed by atoms with Crippen LogP contribution in [0.25, 0.3) is 0 Å². The minimum atomic E-state index is 0.619. The van der Waals surface area contributed by atoms with Crippen LogP contribution in [0.5, 0.6) is 0 Å². The van der Waals surface area contributed by atoms with Gasteiger partial charge in [0.1, 0.15) is 0 Å². The summed E-state index contributed by atoms with van der Waals surface area (Å²) in [5.41, 5.74) is 15.0. The summed E-state index contributed by atoms with van der Waals surface area (Å²) >= 11 is 0. The number of benzene rings is 2. The van der Waals surface area contributed by atoms with E-state index in [-0.39, 0.29) is 0 Å². The second-order valence-corrected chi connectivity index (χ2v) is 10.8. The standard InChI is InChI=1S/C26H39N.C7H8.C5H8/c1-8-19(3)16-21(5)10-11-22(6)17-25(26(9-2)23(7)27)18-24-14-12-20(4)13-15-24;1-7-5-3-2-4-6-7;1-4-5(2)3/h9,12-15,17,19,21H,6-8,10-11,16,18,27H2,1-5H3;2-6H,1H3;4H,1-2H2,3H3/b25-17-,26-9-;;. The molecule has 0 aromatic heterocycles. The summed E-state index contributed by atoms with van der Waals surface area (Å²) in [4.78, 5) is 0. The van der Waals surface area contributed by atoms with Gasteiger partial charge in [-0.1, -0.05) is 149 Å². The molecular weight excluding hydrogens is 470 g/mol. The first kappa shape index (κ1) is 35.7. The Labute approximate surface area is 241 Å². The van der Waals surface area contributed by atoms with Crippen LogP contribution in [0.4, 0.5) is 0 Å². The van der Waals surface area contributed by atoms with E-state index in [1.807, 2.05) is 32.0 Å². The lowest BCUT2D eigenvalue weighted by Gasteiger charge is -2.17. The maximum atomic E-state index is 6.06. The quantitative estimate of drug-likeness (QED) is 0.274. The minimum absolute atomic E-state index is 0.619. The van der Waals surface area contributed by atoms with Crippen molar-refractivity contribution in [2.45, 2.75) is 80.6 Å². The molecule has 0 heterocycles. The first-order valence-electron chi connectivity index (χ1n) is 14.3. The zero-order chi connectivity index (χ0) is 29.8. The number of hydrogen-bond acceptors (Lipinski definition) is 1. The molecule has 0 bridgehead atoms. The van der Waals surface area contributed by atoms with Gasteiger partial charge >= 0.3 is 0 Å². The summed E-state index contributed by atoms with van der Waals surface area (Å²) < 4.78 is 0. The molecule has 1 nitrogen and oxygen atoms in total. The molecule has 0 amide bonds. The second-order valence-electron chi connectivity index (χ2n) is 10.8. The third-order valence-corrected chi connectivity index (χ3v) is 6.62. The van der Waals surface area contributed by atoms with Crippen LogP contribution in [0, 0.1) is 25.7 Å². The van der Waals surface area contributed by atoms with Crippen molar-refractivity contribution in [1.29, 1.82) is 0 Å². The maximum Gasteiger partial charge on any atom is 0.0314 e. The number of aryl methyl sites for hydroxylation is 2. The lowest BCUT2D eigenvalue weighted by molar-refractivity contribution is 0.388. The first-order chi connectivity index (χ1) is 18.4. The van der Waals surface area contributed by atoms with Crippen molar-refractivity contribution >= 4 is 0 Å². The van der Waals surface area contributed by atoms with Crippen LogP contribution >= 0.6 is 0 Å². The smallest absolute Gasteiger partial charge is 0.0314 e. The van der Waals surface area contributed by atoms with Gasteiger partial charge in [-0.2, -0.15) is 0 Å². The zero-order valence-electron chi connectivity index (χ0n) is 26.0. The van der Waals surface area contributed by atoms with Crippen LogP contribution in [0.3, 0.4) is 0 Å². The summed E-state index contributed by atoms with van der Waals surface area (Å²) in [5, 5.41) is 0. The van der Waals surface area contributed by atoms with Crippen molar-refractivity contribution < 1.29 is 0 Å². The van der Waals surface area contributed by atoms with E-state index in [0.29, 0.717) is 5.70 Å². The van der Waals surface area contributed by atoms with Gasteiger partial charge < -0.3 is 5.73 Å². The first-order valence-corrected chi connectivity index (χ1v) is 14.3. The predicted molar refractivity (Wildman–Crippen MR) is 178 cm³/mol. The zero-order valence-corrected chi connectivity index (χ0v) is 26.0. The number of nitrogens with two attached hydrogens (primary N) is 1. The minimum Gasteiger partial charge on any atom is -0.399 e. The molecule has 212 valence electrons. The van der Waals surface area contributed by atoms with Crippen molar-refractivity contribution in [3.05, 3.63) is 144 Å². The third-order valence-electron chi connectivity index (χ3n) is 6.62. The van der Waals surface area contributed by atoms with Gasteiger partial charge in [0.05, 0.1) is 0 Å². The summed E-state index contributed by atoms with van der Waals surface area (Å²) in [5.74, 6) is 1.53. The van der Waals surface area contributed by atoms with Gasteiger partial charge in [0, 0.05) is 5.70 Å². The molecule has 2 N–H and O–H groups in total. The summed E-state index contributed by atoms with van der Waals surface area (Å²) in [7, 11) is 0. The summed E-state index contributed by atoms with van der Waals surface area (Å²) in [6.07, 6.45) is 11.6. The Morgan fingerprint density at radius 2 is 1.44 bits per heavy atom. The highest BCUT2D eigenvalue weighted by Crippen LogP contribution is 2.25. The molecule has 1 heteroatoms. The Bertz CT molecular complexity index is 1060. The molecule has 0 aliphatic heterocycles. The van der Waals surface area contributed by atoms with Crippen LogP contribution in [-0.4, -0.2) is 0 Å². The topological polar surface area (TPSA) is 26.0 Å². The van der Waals surface area contributed by atoms with Gasteiger partial charge in [0.2, 0.25) is 0 Å². The molecule has 2 rings (SSSR count). The predicted octanol–water partition coefficient (Wildman–Crippen LogP) is 11.0. The van der Waals surface area contributed by atoms with Crippen LogP contribution in [0.1, 0.15) is 77.0 Å². The molecule has 0 aliphatic rings. The van der Waals surface area contributed by atoms with Gasteiger partial charge in [-0.3, -0.25) is 0 Å². The molecule has 2 atom stereocenters. The number of hydrogen-bond donors (Lipinski definition) is 1. The van der Waals surface area contributed by atoms with Gasteiger partial charge in [-0.15, -0.1) is 0 Å². The molecule has 0 fully saturated rings. The lowest BCUT2D eigenvalue weighted by Crippen LogP contribution is -2.05. The van der Waals surface area contributed by atoms with Crippen molar-refractivity contribution in [3.8, 4) is 0 Å². The van der Waals surface area contributed by atoms with E-state index in [9.17, 15) is 0 Å². The highest BCUT2D eigenvalue weighted by molar-refractivity contribution is 5.48. The molecule has 0 saturated heterocycles. The molecular formula is C38H55N. The average Bonchev–Trinajstić information content (AvgIpc) is 2.90. The Balaban J connectivity index is 0.000000983. The van der Waals surface area contributed by atoms with Crippen molar-refractivity contribution in [2.24, 2.45) is 17.6 Å². The van der Waals surface area contributed by atoms with Crippen LogP contribution in [0.2, 0.25) is 0 Å². The lowest BCUT2D eigenvalue weighted by atomic mass is 9.89. The van der Waals surface area contributed by atoms with Crippen molar-refractivity contribution in [1.82, 2.24) is 0 Å². The molecule has 0 radical (unpaired) electrons. The molecule has 39 heavy (non-hydrogen) atoms. The van der Waals surface area contributed by atoms with Crippen molar-refractivity contribution in [3.63, 3.8) is 0 Å². The van der Waals surface area contributed by atoms with E-state index in [4.69, 9.17) is 5.73 Å². The van der Waals surface area contributed by atoms with E-state index >= 15 is 0 Å². The second kappa shape index (κ2) is 20.6. The molecule has 2 unspecified atom stereocenters. The van der Waals surface area contributed by atoms with E-state index in [2.05, 4.69) is 109 Å². The largest absolute Gasteiger partial charge is 0.399 e. The summed E-state index contributed by atoms with van der Waals surface area (Å²) in [6, 6.07) is 19.0. The highest BCUT2D eigenvalue weighted by Gasteiger charge is 2.10. The van der Waals surface area contributed by atoms with E-state index < -0.39 is 0 Å². The van der Waals surface area contributed by atoms with E-state index in [1.54, 1.807) is 6.08 Å².